The van der Waals surface area contributed by atoms with Gasteiger partial charge in [-0.1, -0.05) is 12.1 Å². The maximum Gasteiger partial charge on any atom is 0.244 e. The Kier molecular flexibility index (Phi) is 7.30. The van der Waals surface area contributed by atoms with Gasteiger partial charge in [0.25, 0.3) is 0 Å². The number of hydrogen-bond donors (Lipinski definition) is 2. The summed E-state index contributed by atoms with van der Waals surface area (Å²) in [6, 6.07) is 10.5. The summed E-state index contributed by atoms with van der Waals surface area (Å²) >= 11 is 0. The molecule has 0 atom stereocenters. The summed E-state index contributed by atoms with van der Waals surface area (Å²) in [6.07, 6.45) is 1.76. The Morgan fingerprint density at radius 2 is 1.85 bits per heavy atom. The minimum atomic E-state index is -0.299. The Bertz CT molecular complexity index is 822. The number of benzene rings is 1. The van der Waals surface area contributed by atoms with Crippen molar-refractivity contribution in [2.24, 2.45) is 5.10 Å². The minimum absolute atomic E-state index is 0.0488. The van der Waals surface area contributed by atoms with Crippen molar-refractivity contribution in [2.45, 2.75) is 19.8 Å². The van der Waals surface area contributed by atoms with Crippen LogP contribution in [0.5, 0.6) is 11.5 Å². The molecule has 8 nitrogen and oxygen atoms in total. The molecule has 0 saturated carbocycles. The molecule has 2 N–H and O–H groups in total. The molecule has 0 aliphatic heterocycles. The zero-order valence-electron chi connectivity index (χ0n) is 15.5. The Morgan fingerprint density at radius 1 is 1.07 bits per heavy atom. The molecule has 0 fully saturated rings. The number of amides is 2. The number of pyridine rings is 1. The second kappa shape index (κ2) is 9.91. The van der Waals surface area contributed by atoms with Gasteiger partial charge in [0.15, 0.2) is 11.5 Å². The summed E-state index contributed by atoms with van der Waals surface area (Å²) in [5.74, 6) is 1.05. The van der Waals surface area contributed by atoms with Gasteiger partial charge in [0.2, 0.25) is 11.8 Å². The van der Waals surface area contributed by atoms with Gasteiger partial charge in [0.05, 0.1) is 27.1 Å². The van der Waals surface area contributed by atoms with Crippen molar-refractivity contribution in [3.05, 3.63) is 48.2 Å². The third-order valence-corrected chi connectivity index (χ3v) is 3.53. The number of nitrogens with zero attached hydrogens (tertiary/aromatic N) is 2. The van der Waals surface area contributed by atoms with Crippen molar-refractivity contribution < 1.29 is 19.1 Å². The van der Waals surface area contributed by atoms with Crippen LogP contribution < -0.4 is 20.2 Å². The lowest BCUT2D eigenvalue weighted by atomic mass is 10.1. The number of anilines is 1. The van der Waals surface area contributed by atoms with Gasteiger partial charge in [-0.3, -0.25) is 9.59 Å². The summed E-state index contributed by atoms with van der Waals surface area (Å²) in [6.45, 7) is 1.66. The highest BCUT2D eigenvalue weighted by Gasteiger charge is 2.09. The van der Waals surface area contributed by atoms with Crippen LogP contribution in [-0.4, -0.2) is 36.7 Å². The molecule has 0 saturated heterocycles. The molecule has 0 aliphatic carbocycles. The predicted molar refractivity (Wildman–Crippen MR) is 102 cm³/mol. The summed E-state index contributed by atoms with van der Waals surface area (Å²) in [4.78, 5) is 28.0. The van der Waals surface area contributed by atoms with E-state index in [0.717, 1.165) is 5.56 Å². The summed E-state index contributed by atoms with van der Waals surface area (Å²) in [5.41, 5.74) is 3.68. The quantitative estimate of drug-likeness (QED) is 0.548. The number of rotatable bonds is 8. The summed E-state index contributed by atoms with van der Waals surface area (Å²) in [7, 11) is 3.08. The van der Waals surface area contributed by atoms with E-state index in [0.29, 0.717) is 23.0 Å². The molecule has 1 aromatic heterocycles. The smallest absolute Gasteiger partial charge is 0.244 e. The fourth-order valence-electron chi connectivity index (χ4n) is 2.27. The van der Waals surface area contributed by atoms with Crippen molar-refractivity contribution in [2.75, 3.05) is 19.5 Å². The number of carbonyl (C=O) groups excluding carboxylic acids is 2. The molecule has 0 unspecified atom stereocenters. The molecule has 27 heavy (non-hydrogen) atoms. The van der Waals surface area contributed by atoms with Crippen LogP contribution >= 0.6 is 0 Å². The van der Waals surface area contributed by atoms with Gasteiger partial charge in [-0.25, -0.2) is 10.4 Å². The first-order valence-electron chi connectivity index (χ1n) is 8.25. The minimum Gasteiger partial charge on any atom is -0.493 e. The van der Waals surface area contributed by atoms with Gasteiger partial charge < -0.3 is 14.8 Å². The lowest BCUT2D eigenvalue weighted by molar-refractivity contribution is -0.120. The van der Waals surface area contributed by atoms with Gasteiger partial charge in [-0.15, -0.1) is 0 Å². The molecule has 142 valence electrons. The maximum atomic E-state index is 12.0. The van der Waals surface area contributed by atoms with Gasteiger partial charge in [0.1, 0.15) is 5.82 Å². The van der Waals surface area contributed by atoms with Crippen LogP contribution in [0.4, 0.5) is 5.82 Å². The van der Waals surface area contributed by atoms with Crippen LogP contribution in [0.1, 0.15) is 18.9 Å². The van der Waals surface area contributed by atoms with Crippen LogP contribution in [0.3, 0.4) is 0 Å². The monoisotopic (exact) mass is 370 g/mol. The normalized spacial score (nSPS) is 10.9. The fraction of sp³-hybridized carbons (Fsp3) is 0.263. The SMILES string of the molecule is COc1ccc(CC(=O)N/N=C(/C)CC(=O)Nc2ccccn2)cc1OC. The zero-order valence-corrected chi connectivity index (χ0v) is 15.5. The standard InChI is InChI=1S/C19H22N4O4/c1-13(10-18(24)21-17-6-4-5-9-20-17)22-23-19(25)12-14-7-8-15(26-2)16(11-14)27-3/h4-9,11H,10,12H2,1-3H3,(H,23,25)(H,20,21,24)/b22-13-. The van der Waals surface area contributed by atoms with Crippen molar-refractivity contribution in [3.8, 4) is 11.5 Å². The van der Waals surface area contributed by atoms with E-state index < -0.39 is 0 Å². The third-order valence-electron chi connectivity index (χ3n) is 3.53. The molecule has 2 amide bonds. The lowest BCUT2D eigenvalue weighted by Gasteiger charge is -2.09. The topological polar surface area (TPSA) is 102 Å². The molecule has 0 aliphatic rings. The molecule has 0 radical (unpaired) electrons. The number of carbonyl (C=O) groups is 2. The highest BCUT2D eigenvalue weighted by molar-refractivity contribution is 6.05. The van der Waals surface area contributed by atoms with Crippen molar-refractivity contribution in [1.82, 2.24) is 10.4 Å². The van der Waals surface area contributed by atoms with E-state index in [1.54, 1.807) is 56.6 Å². The van der Waals surface area contributed by atoms with Gasteiger partial charge in [-0.05, 0) is 36.8 Å². The molecule has 2 aromatic rings. The third kappa shape index (κ3) is 6.43. The van der Waals surface area contributed by atoms with Crippen LogP contribution in [0.2, 0.25) is 0 Å². The fourth-order valence-corrected chi connectivity index (χ4v) is 2.27. The van der Waals surface area contributed by atoms with Crippen molar-refractivity contribution in [3.63, 3.8) is 0 Å². The average molecular weight is 370 g/mol. The van der Waals surface area contributed by atoms with Crippen LogP contribution in [0, 0.1) is 0 Å². The van der Waals surface area contributed by atoms with Crippen molar-refractivity contribution in [1.29, 1.82) is 0 Å². The number of aromatic nitrogens is 1. The molecule has 1 aromatic carbocycles. The van der Waals surface area contributed by atoms with Crippen LogP contribution in [0.25, 0.3) is 0 Å². The zero-order chi connectivity index (χ0) is 19.6. The van der Waals surface area contributed by atoms with E-state index >= 15 is 0 Å². The molecule has 1 heterocycles. The van der Waals surface area contributed by atoms with Gasteiger partial charge >= 0.3 is 0 Å². The summed E-state index contributed by atoms with van der Waals surface area (Å²) in [5, 5.41) is 6.61. The Labute approximate surface area is 157 Å². The maximum absolute atomic E-state index is 12.0. The molecule has 0 bridgehead atoms. The first kappa shape index (κ1) is 19.9. The Morgan fingerprint density at radius 3 is 2.52 bits per heavy atom. The first-order chi connectivity index (χ1) is 13.0. The van der Waals surface area contributed by atoms with Gasteiger partial charge in [-0.2, -0.15) is 5.10 Å². The second-order valence-corrected chi connectivity index (χ2v) is 5.69. The van der Waals surface area contributed by atoms with E-state index in [9.17, 15) is 9.59 Å². The number of methoxy groups -OCH3 is 2. The highest BCUT2D eigenvalue weighted by atomic mass is 16.5. The average Bonchev–Trinajstić information content (AvgIpc) is 2.67. The Balaban J connectivity index is 1.85. The number of ether oxygens (including phenoxy) is 2. The molecule has 0 spiro atoms. The van der Waals surface area contributed by atoms with E-state index in [2.05, 4.69) is 20.8 Å². The molecule has 8 heteroatoms. The number of nitrogens with one attached hydrogen (secondary N) is 2. The van der Waals surface area contributed by atoms with Gasteiger partial charge in [0, 0.05) is 11.9 Å². The van der Waals surface area contributed by atoms with E-state index in [4.69, 9.17) is 9.47 Å². The predicted octanol–water partition coefficient (Wildman–Crippen LogP) is 2.16. The molecular formula is C19H22N4O4. The molecular weight excluding hydrogens is 348 g/mol. The number of hydrogen-bond acceptors (Lipinski definition) is 6. The number of hydrazone groups is 1. The lowest BCUT2D eigenvalue weighted by Crippen LogP contribution is -2.23. The van der Waals surface area contributed by atoms with E-state index in [1.165, 1.54) is 7.11 Å². The summed E-state index contributed by atoms with van der Waals surface area (Å²) < 4.78 is 10.4. The Hall–Kier alpha value is -3.42. The van der Waals surface area contributed by atoms with Crippen molar-refractivity contribution >= 4 is 23.3 Å². The highest BCUT2D eigenvalue weighted by Crippen LogP contribution is 2.27. The van der Waals surface area contributed by atoms with Crippen LogP contribution in [-0.2, 0) is 16.0 Å². The molecule has 2 rings (SSSR count). The van der Waals surface area contributed by atoms with E-state index in [-0.39, 0.29) is 24.7 Å². The first-order valence-corrected chi connectivity index (χ1v) is 8.25. The van der Waals surface area contributed by atoms with Crippen LogP contribution in [0.15, 0.2) is 47.7 Å². The second-order valence-electron chi connectivity index (χ2n) is 5.69. The largest absolute Gasteiger partial charge is 0.493 e. The van der Waals surface area contributed by atoms with E-state index in [1.807, 2.05) is 0 Å².